The number of amides is 1. The highest BCUT2D eigenvalue weighted by Gasteiger charge is 2.18. The van der Waals surface area contributed by atoms with Crippen LogP contribution in [0, 0.1) is 0 Å². The van der Waals surface area contributed by atoms with Crippen molar-refractivity contribution in [1.82, 2.24) is 10.2 Å². The largest absolute Gasteiger partial charge is 0.338 e. The van der Waals surface area contributed by atoms with Crippen molar-refractivity contribution < 1.29 is 4.79 Å². The van der Waals surface area contributed by atoms with Crippen molar-refractivity contribution in [3.8, 4) is 0 Å². The Hall–Kier alpha value is -1.09. The van der Waals surface area contributed by atoms with Crippen molar-refractivity contribution >= 4 is 5.91 Å². The highest BCUT2D eigenvalue weighted by atomic mass is 16.2. The van der Waals surface area contributed by atoms with Gasteiger partial charge in [-0.25, -0.2) is 0 Å². The second-order valence-electron chi connectivity index (χ2n) is 4.50. The molecule has 2 heterocycles. The molecule has 3 heteroatoms. The van der Waals surface area contributed by atoms with E-state index >= 15 is 0 Å². The van der Waals surface area contributed by atoms with E-state index in [1.807, 2.05) is 18.9 Å². The van der Waals surface area contributed by atoms with Crippen LogP contribution in [0.25, 0.3) is 0 Å². The molecule has 0 saturated heterocycles. The molecule has 0 aromatic heterocycles. The Balaban J connectivity index is 2.28. The number of allylic oxidation sites excluding steroid dienone is 1. The number of carbonyl (C=O) groups is 1. The molecule has 0 aliphatic carbocycles. The zero-order valence-electron chi connectivity index (χ0n) is 9.47. The Morgan fingerprint density at radius 1 is 1.40 bits per heavy atom. The summed E-state index contributed by atoms with van der Waals surface area (Å²) >= 11 is 0. The molecule has 1 amide bonds. The van der Waals surface area contributed by atoms with Crippen molar-refractivity contribution in [2.75, 3.05) is 26.7 Å². The molecule has 1 N–H and O–H groups in total. The molecule has 0 bridgehead atoms. The van der Waals surface area contributed by atoms with E-state index in [-0.39, 0.29) is 5.91 Å². The van der Waals surface area contributed by atoms with E-state index < -0.39 is 0 Å². The number of nitrogens with one attached hydrogen (secondary N) is 1. The van der Waals surface area contributed by atoms with Gasteiger partial charge in [0.15, 0.2) is 0 Å². The summed E-state index contributed by atoms with van der Waals surface area (Å²) in [7, 11) is 1.88. The predicted octanol–water partition coefficient (Wildman–Crippen LogP) is 1.08. The number of nitrogens with zero attached hydrogens (tertiary/aromatic N) is 1. The Kier molecular flexibility index (Phi) is 2.91. The average Bonchev–Trinajstić information content (AvgIpc) is 2.19. The van der Waals surface area contributed by atoms with Crippen molar-refractivity contribution in [2.45, 2.75) is 19.8 Å². The molecule has 82 valence electrons. The zero-order chi connectivity index (χ0) is 10.8. The van der Waals surface area contributed by atoms with E-state index in [0.717, 1.165) is 32.5 Å². The van der Waals surface area contributed by atoms with Gasteiger partial charge in [-0.05, 0) is 31.9 Å². The van der Waals surface area contributed by atoms with Crippen molar-refractivity contribution in [2.24, 2.45) is 0 Å². The Bertz CT molecular complexity index is 342. The highest BCUT2D eigenvalue weighted by molar-refractivity contribution is 5.88. The number of hydrogen-bond acceptors (Lipinski definition) is 2. The molecule has 0 fully saturated rings. The van der Waals surface area contributed by atoms with Crippen LogP contribution in [-0.2, 0) is 4.79 Å². The van der Waals surface area contributed by atoms with Crippen LogP contribution < -0.4 is 5.32 Å². The summed E-state index contributed by atoms with van der Waals surface area (Å²) in [6.07, 6.45) is 3.81. The lowest BCUT2D eigenvalue weighted by Crippen LogP contribution is -2.34. The van der Waals surface area contributed by atoms with Gasteiger partial charge >= 0.3 is 0 Å². The van der Waals surface area contributed by atoms with Crippen LogP contribution in [-0.4, -0.2) is 37.5 Å². The van der Waals surface area contributed by atoms with Crippen LogP contribution in [0.1, 0.15) is 19.8 Å². The smallest absolute Gasteiger partial charge is 0.246 e. The molecule has 3 nitrogen and oxygen atoms in total. The fourth-order valence-corrected chi connectivity index (χ4v) is 2.23. The van der Waals surface area contributed by atoms with Gasteiger partial charge in [-0.1, -0.05) is 11.1 Å². The summed E-state index contributed by atoms with van der Waals surface area (Å²) in [5.74, 6) is 0.137. The molecule has 2 rings (SSSR count). The van der Waals surface area contributed by atoms with Crippen LogP contribution >= 0.6 is 0 Å². The quantitative estimate of drug-likeness (QED) is 0.602. The van der Waals surface area contributed by atoms with Crippen LogP contribution in [0.15, 0.2) is 22.8 Å². The first kappa shape index (κ1) is 10.4. The Morgan fingerprint density at radius 2 is 2.20 bits per heavy atom. The highest BCUT2D eigenvalue weighted by Crippen LogP contribution is 2.22. The second kappa shape index (κ2) is 4.19. The molecule has 2 aliphatic rings. The SMILES string of the molecule is CC1=CC(=O)N(C)CC2=C(CNCC2)C1. The normalized spacial score (nSPS) is 23.2. The maximum Gasteiger partial charge on any atom is 0.246 e. The standard InChI is InChI=1S/C12H18N2O/c1-9-5-11-7-13-4-3-10(11)8-14(2)12(15)6-9/h6,13H,3-5,7-8H2,1-2H3. The molecule has 0 spiro atoms. The van der Waals surface area contributed by atoms with Gasteiger partial charge in [0.1, 0.15) is 0 Å². The lowest BCUT2D eigenvalue weighted by Gasteiger charge is -2.27. The monoisotopic (exact) mass is 206 g/mol. The van der Waals surface area contributed by atoms with E-state index in [2.05, 4.69) is 5.32 Å². The van der Waals surface area contributed by atoms with Crippen LogP contribution in [0.3, 0.4) is 0 Å². The molecular weight excluding hydrogens is 188 g/mol. The zero-order valence-corrected chi connectivity index (χ0v) is 9.47. The second-order valence-corrected chi connectivity index (χ2v) is 4.50. The van der Waals surface area contributed by atoms with Crippen LogP contribution in [0.5, 0.6) is 0 Å². The third kappa shape index (κ3) is 2.29. The number of hydrogen-bond donors (Lipinski definition) is 1. The van der Waals surface area contributed by atoms with E-state index in [1.54, 1.807) is 6.08 Å². The van der Waals surface area contributed by atoms with E-state index in [0.29, 0.717) is 0 Å². The van der Waals surface area contributed by atoms with E-state index in [4.69, 9.17) is 0 Å². The number of rotatable bonds is 0. The lowest BCUT2D eigenvalue weighted by atomic mass is 9.94. The van der Waals surface area contributed by atoms with Gasteiger partial charge in [0.05, 0.1) is 0 Å². The van der Waals surface area contributed by atoms with Crippen LogP contribution in [0.2, 0.25) is 0 Å². The minimum absolute atomic E-state index is 0.137. The van der Waals surface area contributed by atoms with Crippen molar-refractivity contribution in [1.29, 1.82) is 0 Å². The molecule has 0 unspecified atom stereocenters. The van der Waals surface area contributed by atoms with Gasteiger partial charge in [0.25, 0.3) is 0 Å². The molecular formula is C12H18N2O. The minimum atomic E-state index is 0.137. The summed E-state index contributed by atoms with van der Waals surface area (Å²) in [5, 5.41) is 3.39. The van der Waals surface area contributed by atoms with Gasteiger partial charge in [-0.2, -0.15) is 0 Å². The van der Waals surface area contributed by atoms with Crippen molar-refractivity contribution in [3.63, 3.8) is 0 Å². The maximum absolute atomic E-state index is 11.7. The fourth-order valence-electron chi connectivity index (χ4n) is 2.23. The number of likely N-dealkylation sites (N-methyl/N-ethyl adjacent to an activating group) is 1. The molecule has 15 heavy (non-hydrogen) atoms. The Morgan fingerprint density at radius 3 is 3.00 bits per heavy atom. The third-order valence-electron chi connectivity index (χ3n) is 3.11. The lowest BCUT2D eigenvalue weighted by molar-refractivity contribution is -0.124. The van der Waals surface area contributed by atoms with Gasteiger partial charge < -0.3 is 10.2 Å². The molecule has 2 aliphatic heterocycles. The van der Waals surface area contributed by atoms with Gasteiger partial charge in [-0.15, -0.1) is 0 Å². The van der Waals surface area contributed by atoms with Gasteiger partial charge in [0.2, 0.25) is 5.91 Å². The summed E-state index contributed by atoms with van der Waals surface area (Å²) in [5.41, 5.74) is 4.11. The fraction of sp³-hybridized carbons (Fsp3) is 0.583. The first-order chi connectivity index (χ1) is 7.16. The summed E-state index contributed by atoms with van der Waals surface area (Å²) in [6.45, 7) is 4.88. The molecule has 0 radical (unpaired) electrons. The molecule has 0 saturated carbocycles. The summed E-state index contributed by atoms with van der Waals surface area (Å²) < 4.78 is 0. The van der Waals surface area contributed by atoms with Crippen molar-refractivity contribution in [3.05, 3.63) is 22.8 Å². The summed E-state index contributed by atoms with van der Waals surface area (Å²) in [6, 6.07) is 0. The molecule has 0 aromatic rings. The maximum atomic E-state index is 11.7. The first-order valence-corrected chi connectivity index (χ1v) is 5.49. The van der Waals surface area contributed by atoms with Gasteiger partial charge in [-0.3, -0.25) is 4.79 Å². The molecule has 0 atom stereocenters. The molecule has 0 aromatic carbocycles. The van der Waals surface area contributed by atoms with Gasteiger partial charge in [0, 0.05) is 26.2 Å². The topological polar surface area (TPSA) is 32.3 Å². The third-order valence-corrected chi connectivity index (χ3v) is 3.11. The summed E-state index contributed by atoms with van der Waals surface area (Å²) in [4.78, 5) is 13.5. The van der Waals surface area contributed by atoms with Crippen LogP contribution in [0.4, 0.5) is 0 Å². The predicted molar refractivity (Wildman–Crippen MR) is 60.5 cm³/mol. The number of carbonyl (C=O) groups excluding carboxylic acids is 1. The average molecular weight is 206 g/mol. The first-order valence-electron chi connectivity index (χ1n) is 5.49. The van der Waals surface area contributed by atoms with E-state index in [1.165, 1.54) is 16.7 Å². The minimum Gasteiger partial charge on any atom is -0.338 e. The van der Waals surface area contributed by atoms with E-state index in [9.17, 15) is 4.79 Å². The Labute approximate surface area is 90.8 Å².